The van der Waals surface area contributed by atoms with Crippen molar-refractivity contribution < 1.29 is 42.9 Å². The minimum atomic E-state index is -1.64. The molecule has 0 rings (SSSR count). The molecular formula is C53H89NO8. The van der Waals surface area contributed by atoms with E-state index in [0.717, 1.165) is 89.9 Å². The number of allylic oxidation sites excluding steroid dienone is 14. The van der Waals surface area contributed by atoms with E-state index in [1.54, 1.807) is 0 Å². The van der Waals surface area contributed by atoms with Crippen LogP contribution in [0.2, 0.25) is 0 Å². The molecule has 354 valence electrons. The zero-order valence-electron chi connectivity index (χ0n) is 40.0. The third kappa shape index (κ3) is 44.5. The van der Waals surface area contributed by atoms with Gasteiger partial charge in [-0.3, -0.25) is 9.59 Å². The Labute approximate surface area is 379 Å². The molecule has 0 bridgehead atoms. The Kier molecular flexibility index (Phi) is 41.6. The van der Waals surface area contributed by atoms with Gasteiger partial charge >= 0.3 is 11.9 Å². The number of carbonyl (C=O) groups is 3. The Morgan fingerprint density at radius 3 is 1.42 bits per heavy atom. The molecule has 0 spiro atoms. The van der Waals surface area contributed by atoms with Gasteiger partial charge in [-0.15, -0.1) is 0 Å². The molecule has 0 aromatic rings. The van der Waals surface area contributed by atoms with E-state index in [9.17, 15) is 19.5 Å². The van der Waals surface area contributed by atoms with Crippen molar-refractivity contribution in [2.24, 2.45) is 0 Å². The summed E-state index contributed by atoms with van der Waals surface area (Å²) in [5, 5.41) is 11.7. The van der Waals surface area contributed by atoms with E-state index in [4.69, 9.17) is 18.9 Å². The number of esters is 2. The predicted molar refractivity (Wildman–Crippen MR) is 255 cm³/mol. The number of likely N-dealkylation sites (N-methyl/N-ethyl adjacent to an activating group) is 1. The number of carbonyl (C=O) groups excluding carboxylic acids is 3. The highest BCUT2D eigenvalue weighted by atomic mass is 16.7. The van der Waals surface area contributed by atoms with E-state index in [1.165, 1.54) is 51.4 Å². The summed E-state index contributed by atoms with van der Waals surface area (Å²) in [5.74, 6) is -2.37. The van der Waals surface area contributed by atoms with Crippen molar-refractivity contribution in [1.29, 1.82) is 0 Å². The van der Waals surface area contributed by atoms with Gasteiger partial charge in [0.2, 0.25) is 0 Å². The van der Waals surface area contributed by atoms with Crippen LogP contribution in [0.15, 0.2) is 85.1 Å². The van der Waals surface area contributed by atoms with E-state index in [0.29, 0.717) is 17.4 Å². The molecule has 0 fully saturated rings. The van der Waals surface area contributed by atoms with Crippen LogP contribution in [0, 0.1) is 0 Å². The zero-order chi connectivity index (χ0) is 45.6. The SMILES string of the molecule is CC/C=C\C/C=C\C/C=C\C/C=C\C/C=C\C/C=C\CCCCC(=O)OC(COC(=O)CCCCCCC/C=C\CCCCCCCCC)COC(OCC[N+](C)(C)C)C(=O)[O-]. The summed E-state index contributed by atoms with van der Waals surface area (Å²) >= 11 is 0. The molecule has 0 N–H and O–H groups in total. The van der Waals surface area contributed by atoms with Gasteiger partial charge in [-0.1, -0.05) is 157 Å². The lowest BCUT2D eigenvalue weighted by Gasteiger charge is -2.26. The highest BCUT2D eigenvalue weighted by Crippen LogP contribution is 2.12. The Hall–Kier alpha value is -3.53. The van der Waals surface area contributed by atoms with Crippen molar-refractivity contribution in [3.05, 3.63) is 85.1 Å². The smallest absolute Gasteiger partial charge is 0.306 e. The maximum atomic E-state index is 12.8. The van der Waals surface area contributed by atoms with Crippen molar-refractivity contribution in [3.8, 4) is 0 Å². The van der Waals surface area contributed by atoms with Gasteiger partial charge in [0.05, 0.1) is 40.3 Å². The first-order chi connectivity index (χ1) is 30.1. The van der Waals surface area contributed by atoms with Crippen LogP contribution < -0.4 is 5.11 Å². The van der Waals surface area contributed by atoms with Gasteiger partial charge in [0.25, 0.3) is 0 Å². The van der Waals surface area contributed by atoms with Crippen LogP contribution in [0.1, 0.15) is 174 Å². The number of nitrogens with zero attached hydrogens (tertiary/aromatic N) is 1. The fourth-order valence-corrected chi connectivity index (χ4v) is 6.12. The normalized spacial score (nSPS) is 13.6. The average Bonchev–Trinajstić information content (AvgIpc) is 3.23. The molecule has 0 aromatic heterocycles. The lowest BCUT2D eigenvalue weighted by molar-refractivity contribution is -0.870. The summed E-state index contributed by atoms with van der Waals surface area (Å²) in [5.41, 5.74) is 0. The molecule has 0 amide bonds. The van der Waals surface area contributed by atoms with Gasteiger partial charge in [0, 0.05) is 12.8 Å². The third-order valence-corrected chi connectivity index (χ3v) is 9.88. The number of carboxylic acid groups (broad SMARTS) is 1. The van der Waals surface area contributed by atoms with Crippen LogP contribution in [-0.2, 0) is 33.3 Å². The topological polar surface area (TPSA) is 111 Å². The molecular weight excluding hydrogens is 779 g/mol. The Bertz CT molecular complexity index is 1290. The van der Waals surface area contributed by atoms with Crippen LogP contribution in [-0.4, -0.2) is 82.3 Å². The first-order valence-electron chi connectivity index (χ1n) is 24.2. The Balaban J connectivity index is 4.51. The van der Waals surface area contributed by atoms with Gasteiger partial charge in [-0.25, -0.2) is 0 Å². The molecule has 0 aliphatic rings. The third-order valence-electron chi connectivity index (χ3n) is 9.88. The Morgan fingerprint density at radius 2 is 0.919 bits per heavy atom. The van der Waals surface area contributed by atoms with Gasteiger partial charge in [-0.05, 0) is 89.9 Å². The lowest BCUT2D eigenvalue weighted by atomic mass is 10.1. The van der Waals surface area contributed by atoms with Crippen LogP contribution >= 0.6 is 0 Å². The second kappa shape index (κ2) is 44.1. The standard InChI is InChI=1S/C53H89NO8/c1-6-8-10-12-14-16-18-20-22-24-25-26-27-28-30-32-34-36-38-40-42-44-51(56)62-49(48-61-53(52(57)58)59-46-45-54(3,4)5)47-60-50(55)43-41-39-37-35-33-31-29-23-21-19-17-15-13-11-9-7-2/h8,10,14,16,20,22-23,25-26,28-30,34,36,49,53H,6-7,9,11-13,15,17-19,21,24,27,31-33,35,37-48H2,1-5H3/b10-8-,16-14-,22-20-,26-25-,29-23-,30-28-,36-34-. The molecule has 2 atom stereocenters. The van der Waals surface area contributed by atoms with Crippen LogP contribution in [0.5, 0.6) is 0 Å². The minimum absolute atomic E-state index is 0.133. The quantitative estimate of drug-likeness (QED) is 0.0196. The monoisotopic (exact) mass is 868 g/mol. The number of unbranched alkanes of at least 4 members (excludes halogenated alkanes) is 14. The number of aliphatic carboxylic acids is 1. The van der Waals surface area contributed by atoms with Crippen LogP contribution in [0.25, 0.3) is 0 Å². The number of hydrogen-bond acceptors (Lipinski definition) is 8. The summed E-state index contributed by atoms with van der Waals surface area (Å²) in [7, 11) is 5.89. The largest absolute Gasteiger partial charge is 0.545 e. The molecule has 9 heteroatoms. The van der Waals surface area contributed by atoms with Crippen molar-refractivity contribution >= 4 is 17.9 Å². The molecule has 0 heterocycles. The number of carboxylic acids is 1. The van der Waals surface area contributed by atoms with Crippen molar-refractivity contribution in [2.75, 3.05) is 47.5 Å². The van der Waals surface area contributed by atoms with Gasteiger partial charge in [0.15, 0.2) is 12.4 Å². The van der Waals surface area contributed by atoms with Crippen molar-refractivity contribution in [1.82, 2.24) is 0 Å². The molecule has 62 heavy (non-hydrogen) atoms. The number of rotatable bonds is 43. The zero-order valence-corrected chi connectivity index (χ0v) is 40.0. The maximum absolute atomic E-state index is 12.8. The number of quaternary nitrogens is 1. The minimum Gasteiger partial charge on any atom is -0.545 e. The molecule has 0 aromatic carbocycles. The maximum Gasteiger partial charge on any atom is 0.306 e. The molecule has 9 nitrogen and oxygen atoms in total. The second-order valence-corrected chi connectivity index (χ2v) is 17.0. The number of hydrogen-bond donors (Lipinski definition) is 0. The lowest BCUT2D eigenvalue weighted by Crippen LogP contribution is -2.44. The fourth-order valence-electron chi connectivity index (χ4n) is 6.12. The summed E-state index contributed by atoms with van der Waals surface area (Å²) in [6.07, 6.45) is 53.3. The highest BCUT2D eigenvalue weighted by molar-refractivity contribution is 5.70. The molecule has 0 radical (unpaired) electrons. The fraction of sp³-hybridized carbons (Fsp3) is 0.679. The first kappa shape index (κ1) is 58.5. The summed E-state index contributed by atoms with van der Waals surface area (Å²) in [6.45, 7) is 4.55. The van der Waals surface area contributed by atoms with E-state index >= 15 is 0 Å². The van der Waals surface area contributed by atoms with Gasteiger partial charge in [0.1, 0.15) is 13.2 Å². The van der Waals surface area contributed by atoms with Gasteiger partial charge < -0.3 is 33.3 Å². The second-order valence-electron chi connectivity index (χ2n) is 17.0. The van der Waals surface area contributed by atoms with E-state index in [1.807, 2.05) is 21.1 Å². The molecule has 0 saturated carbocycles. The van der Waals surface area contributed by atoms with E-state index in [2.05, 4.69) is 98.9 Å². The van der Waals surface area contributed by atoms with Crippen LogP contribution in [0.3, 0.4) is 0 Å². The molecule has 0 aliphatic carbocycles. The van der Waals surface area contributed by atoms with Gasteiger partial charge in [-0.2, -0.15) is 0 Å². The predicted octanol–water partition coefficient (Wildman–Crippen LogP) is 11.9. The summed E-state index contributed by atoms with van der Waals surface area (Å²) in [6, 6.07) is 0. The molecule has 0 saturated heterocycles. The van der Waals surface area contributed by atoms with E-state index < -0.39 is 24.3 Å². The van der Waals surface area contributed by atoms with Crippen molar-refractivity contribution in [3.63, 3.8) is 0 Å². The Morgan fingerprint density at radius 1 is 0.500 bits per heavy atom. The van der Waals surface area contributed by atoms with E-state index in [-0.39, 0.29) is 38.6 Å². The average molecular weight is 868 g/mol. The summed E-state index contributed by atoms with van der Waals surface area (Å²) in [4.78, 5) is 37.1. The highest BCUT2D eigenvalue weighted by Gasteiger charge is 2.21. The van der Waals surface area contributed by atoms with Crippen molar-refractivity contribution in [2.45, 2.75) is 187 Å². The summed E-state index contributed by atoms with van der Waals surface area (Å²) < 4.78 is 22.5. The number of ether oxygens (including phenoxy) is 4. The van der Waals surface area contributed by atoms with Crippen LogP contribution in [0.4, 0.5) is 0 Å². The first-order valence-corrected chi connectivity index (χ1v) is 24.2. The molecule has 2 unspecified atom stereocenters. The molecule has 0 aliphatic heterocycles.